The third kappa shape index (κ3) is 5.16. The fourth-order valence-corrected chi connectivity index (χ4v) is 3.36. The maximum Gasteiger partial charge on any atom is 0.297 e. The second kappa shape index (κ2) is 8.33. The number of nitrogens with two attached hydrogens (primary N) is 1. The molecule has 1 atom stereocenters. The van der Waals surface area contributed by atoms with E-state index >= 15 is 0 Å². The van der Waals surface area contributed by atoms with Crippen LogP contribution in [-0.2, 0) is 19.1 Å². The molecule has 0 radical (unpaired) electrons. The Kier molecular flexibility index (Phi) is 6.37. The average molecular weight is 414 g/mol. The Morgan fingerprint density at radius 3 is 2.44 bits per heavy atom. The molecule has 0 aliphatic carbocycles. The standard InChI is InChI=1S/C16H16ClN3O6S/c1-2-15(16(21)19-10-3-8-14(18)13(17)9-10)26-27(24,25)12-6-4-11(5-7-12)20(22)23/h3-9,15H,2,18H2,1H3,(H,19,21)/t15-/m1/s1. The van der Waals surface area contributed by atoms with Crippen molar-refractivity contribution in [3.05, 3.63) is 57.6 Å². The molecule has 144 valence electrons. The first-order chi connectivity index (χ1) is 12.6. The summed E-state index contributed by atoms with van der Waals surface area (Å²) in [5, 5.41) is 13.4. The zero-order valence-corrected chi connectivity index (χ0v) is 15.7. The Hall–Kier alpha value is -2.69. The average Bonchev–Trinajstić information content (AvgIpc) is 2.62. The minimum absolute atomic E-state index is 0.0702. The van der Waals surface area contributed by atoms with Crippen molar-refractivity contribution in [2.45, 2.75) is 24.3 Å². The second-order valence-electron chi connectivity index (χ2n) is 5.42. The molecule has 0 saturated carbocycles. The minimum Gasteiger partial charge on any atom is -0.398 e. The van der Waals surface area contributed by atoms with Crippen LogP contribution in [0, 0.1) is 10.1 Å². The molecule has 3 N–H and O–H groups in total. The van der Waals surface area contributed by atoms with Crippen molar-refractivity contribution in [1.29, 1.82) is 0 Å². The highest BCUT2D eigenvalue weighted by atomic mass is 35.5. The van der Waals surface area contributed by atoms with E-state index in [2.05, 4.69) is 5.32 Å². The molecule has 0 spiro atoms. The van der Waals surface area contributed by atoms with Crippen molar-refractivity contribution in [3.8, 4) is 0 Å². The molecule has 0 saturated heterocycles. The van der Waals surface area contributed by atoms with Crippen molar-refractivity contribution >= 4 is 44.7 Å². The lowest BCUT2D eigenvalue weighted by Crippen LogP contribution is -2.32. The first kappa shape index (κ1) is 20.6. The van der Waals surface area contributed by atoms with Crippen LogP contribution in [0.4, 0.5) is 17.1 Å². The van der Waals surface area contributed by atoms with Gasteiger partial charge in [-0.2, -0.15) is 8.42 Å². The van der Waals surface area contributed by atoms with Crippen LogP contribution in [0.5, 0.6) is 0 Å². The van der Waals surface area contributed by atoms with Crippen molar-refractivity contribution in [1.82, 2.24) is 0 Å². The normalized spacial score (nSPS) is 12.4. The highest BCUT2D eigenvalue weighted by Crippen LogP contribution is 2.24. The summed E-state index contributed by atoms with van der Waals surface area (Å²) in [6, 6.07) is 8.58. The molecular formula is C16H16ClN3O6S. The first-order valence-corrected chi connectivity index (χ1v) is 9.46. The van der Waals surface area contributed by atoms with Gasteiger partial charge in [0, 0.05) is 17.8 Å². The molecule has 2 aromatic rings. The zero-order chi connectivity index (χ0) is 20.2. The minimum atomic E-state index is -4.30. The van der Waals surface area contributed by atoms with E-state index in [-0.39, 0.29) is 22.0 Å². The summed E-state index contributed by atoms with van der Waals surface area (Å²) in [6.45, 7) is 1.57. The third-order valence-corrected chi connectivity index (χ3v) is 5.17. The summed E-state index contributed by atoms with van der Waals surface area (Å²) in [7, 11) is -4.30. The predicted molar refractivity (Wildman–Crippen MR) is 99.9 cm³/mol. The Morgan fingerprint density at radius 2 is 1.93 bits per heavy atom. The van der Waals surface area contributed by atoms with Crippen LogP contribution in [0.1, 0.15) is 13.3 Å². The lowest BCUT2D eigenvalue weighted by molar-refractivity contribution is -0.384. The smallest absolute Gasteiger partial charge is 0.297 e. The number of amides is 1. The molecule has 0 aliphatic rings. The Morgan fingerprint density at radius 1 is 1.30 bits per heavy atom. The fraction of sp³-hybridized carbons (Fsp3) is 0.188. The van der Waals surface area contributed by atoms with Crippen LogP contribution in [0.2, 0.25) is 5.02 Å². The van der Waals surface area contributed by atoms with Gasteiger partial charge >= 0.3 is 0 Å². The lowest BCUT2D eigenvalue weighted by Gasteiger charge is -2.16. The SMILES string of the molecule is CC[C@@H](OS(=O)(=O)c1ccc([N+](=O)[O-])cc1)C(=O)Nc1ccc(N)c(Cl)c1. The number of rotatable bonds is 7. The topological polar surface area (TPSA) is 142 Å². The van der Waals surface area contributed by atoms with E-state index in [0.717, 1.165) is 24.3 Å². The molecule has 0 bridgehead atoms. The molecule has 0 aliphatic heterocycles. The van der Waals surface area contributed by atoms with Crippen LogP contribution >= 0.6 is 11.6 Å². The van der Waals surface area contributed by atoms with Gasteiger partial charge in [-0.3, -0.25) is 19.1 Å². The number of nitrogens with zero attached hydrogens (tertiary/aromatic N) is 1. The van der Waals surface area contributed by atoms with Gasteiger partial charge in [0.25, 0.3) is 21.7 Å². The summed E-state index contributed by atoms with van der Waals surface area (Å²) >= 11 is 5.88. The number of benzene rings is 2. The number of non-ortho nitro benzene ring substituents is 1. The van der Waals surface area contributed by atoms with Gasteiger partial charge in [0.05, 0.1) is 20.5 Å². The number of nitrogen functional groups attached to an aromatic ring is 1. The van der Waals surface area contributed by atoms with Crippen molar-refractivity contribution < 1.29 is 22.3 Å². The van der Waals surface area contributed by atoms with Gasteiger partial charge in [-0.15, -0.1) is 0 Å². The predicted octanol–water partition coefficient (Wildman–Crippen LogP) is 2.95. The summed E-state index contributed by atoms with van der Waals surface area (Å²) in [6.07, 6.45) is -1.23. The van der Waals surface area contributed by atoms with Crippen LogP contribution in [0.25, 0.3) is 0 Å². The number of carbonyl (C=O) groups is 1. The Bertz CT molecular complexity index is 963. The van der Waals surface area contributed by atoms with Gasteiger partial charge < -0.3 is 11.1 Å². The Labute approximate surface area is 160 Å². The van der Waals surface area contributed by atoms with Crippen LogP contribution in [0.3, 0.4) is 0 Å². The monoisotopic (exact) mass is 413 g/mol. The molecule has 1 amide bonds. The summed E-state index contributed by atoms with van der Waals surface area (Å²) in [4.78, 5) is 22.0. The first-order valence-electron chi connectivity index (χ1n) is 7.67. The lowest BCUT2D eigenvalue weighted by atomic mass is 10.2. The number of anilines is 2. The van der Waals surface area contributed by atoms with E-state index in [0.29, 0.717) is 11.4 Å². The number of nitrogens with one attached hydrogen (secondary N) is 1. The van der Waals surface area contributed by atoms with E-state index in [1.807, 2.05) is 0 Å². The van der Waals surface area contributed by atoms with Crippen LogP contribution in [0.15, 0.2) is 47.4 Å². The molecule has 0 fully saturated rings. The van der Waals surface area contributed by atoms with Gasteiger partial charge in [0.1, 0.15) is 0 Å². The van der Waals surface area contributed by atoms with Crippen molar-refractivity contribution in [2.75, 3.05) is 11.1 Å². The number of halogens is 1. The molecule has 9 nitrogen and oxygen atoms in total. The van der Waals surface area contributed by atoms with Gasteiger partial charge in [-0.1, -0.05) is 18.5 Å². The number of hydrogen-bond acceptors (Lipinski definition) is 7. The highest BCUT2D eigenvalue weighted by Gasteiger charge is 2.27. The maximum atomic E-state index is 12.3. The number of carbonyl (C=O) groups excluding carboxylic acids is 1. The van der Waals surface area contributed by atoms with E-state index in [9.17, 15) is 23.3 Å². The Balaban J connectivity index is 2.15. The van der Waals surface area contributed by atoms with Gasteiger partial charge in [-0.05, 0) is 36.8 Å². The number of hydrogen-bond donors (Lipinski definition) is 2. The fourth-order valence-electron chi connectivity index (χ4n) is 2.07. The van der Waals surface area contributed by atoms with E-state index in [4.69, 9.17) is 21.5 Å². The zero-order valence-electron chi connectivity index (χ0n) is 14.1. The molecule has 27 heavy (non-hydrogen) atoms. The number of nitro benzene ring substituents is 1. The molecule has 2 rings (SSSR count). The molecular weight excluding hydrogens is 398 g/mol. The van der Waals surface area contributed by atoms with Gasteiger partial charge in [0.15, 0.2) is 6.10 Å². The molecule has 11 heteroatoms. The maximum absolute atomic E-state index is 12.3. The van der Waals surface area contributed by atoms with Crippen LogP contribution < -0.4 is 11.1 Å². The molecule has 0 unspecified atom stereocenters. The molecule has 0 heterocycles. The largest absolute Gasteiger partial charge is 0.398 e. The third-order valence-electron chi connectivity index (χ3n) is 3.51. The highest BCUT2D eigenvalue weighted by molar-refractivity contribution is 7.86. The van der Waals surface area contributed by atoms with Crippen molar-refractivity contribution in [2.24, 2.45) is 0 Å². The van der Waals surface area contributed by atoms with Crippen LogP contribution in [-0.4, -0.2) is 25.4 Å². The quantitative estimate of drug-likeness (QED) is 0.307. The molecule has 2 aromatic carbocycles. The van der Waals surface area contributed by atoms with E-state index in [1.165, 1.54) is 18.2 Å². The summed E-state index contributed by atoms with van der Waals surface area (Å²) in [5.74, 6) is -0.691. The summed E-state index contributed by atoms with van der Waals surface area (Å²) in [5.41, 5.74) is 5.99. The number of nitro groups is 1. The molecule has 0 aromatic heterocycles. The second-order valence-corrected chi connectivity index (χ2v) is 7.40. The van der Waals surface area contributed by atoms with Crippen molar-refractivity contribution in [3.63, 3.8) is 0 Å². The van der Waals surface area contributed by atoms with E-state index < -0.39 is 27.1 Å². The van der Waals surface area contributed by atoms with Gasteiger partial charge in [0.2, 0.25) is 0 Å². The van der Waals surface area contributed by atoms with E-state index in [1.54, 1.807) is 6.92 Å². The van der Waals surface area contributed by atoms with Gasteiger partial charge in [-0.25, -0.2) is 0 Å². The summed E-state index contributed by atoms with van der Waals surface area (Å²) < 4.78 is 29.7.